The minimum atomic E-state index is -1.11. The topological polar surface area (TPSA) is 97.1 Å². The van der Waals surface area contributed by atoms with Crippen LogP contribution in [0.25, 0.3) is 0 Å². The minimum Gasteiger partial charge on any atom is -0.476 e. The number of carbonyl (C=O) groups excluding carboxylic acids is 1. The van der Waals surface area contributed by atoms with Crippen LogP contribution in [0.2, 0.25) is 0 Å². The van der Waals surface area contributed by atoms with Crippen molar-refractivity contribution < 1.29 is 14.7 Å². The summed E-state index contributed by atoms with van der Waals surface area (Å²) < 4.78 is 1.40. The van der Waals surface area contributed by atoms with E-state index in [2.05, 4.69) is 22.6 Å². The Kier molecular flexibility index (Phi) is 6.56. The van der Waals surface area contributed by atoms with E-state index in [0.717, 1.165) is 25.7 Å². The predicted molar refractivity (Wildman–Crippen MR) is 68.8 cm³/mol. The number of rotatable bonds is 9. The first kappa shape index (κ1) is 15.1. The van der Waals surface area contributed by atoms with Crippen molar-refractivity contribution in [1.29, 1.82) is 0 Å². The minimum absolute atomic E-state index is 0.0228. The Morgan fingerprint density at radius 3 is 2.79 bits per heavy atom. The van der Waals surface area contributed by atoms with Gasteiger partial charge in [0.25, 0.3) is 0 Å². The summed E-state index contributed by atoms with van der Waals surface area (Å²) in [5.41, 5.74) is -0.0918. The van der Waals surface area contributed by atoms with E-state index in [0.29, 0.717) is 19.5 Å². The molecule has 0 spiro atoms. The quantitative estimate of drug-likeness (QED) is 0.653. The zero-order valence-corrected chi connectivity index (χ0v) is 11.1. The summed E-state index contributed by atoms with van der Waals surface area (Å²) >= 11 is 0. The van der Waals surface area contributed by atoms with E-state index in [9.17, 15) is 9.59 Å². The maximum atomic E-state index is 11.5. The van der Waals surface area contributed by atoms with Crippen LogP contribution in [0.15, 0.2) is 6.20 Å². The number of hydrogen-bond donors (Lipinski definition) is 2. The molecule has 7 heteroatoms. The summed E-state index contributed by atoms with van der Waals surface area (Å²) in [6.45, 7) is 2.97. The second kappa shape index (κ2) is 8.23. The van der Waals surface area contributed by atoms with Crippen molar-refractivity contribution in [2.24, 2.45) is 0 Å². The number of carboxylic acid groups (broad SMARTS) is 1. The third-order valence-corrected chi connectivity index (χ3v) is 2.68. The standard InChI is InChI=1S/C12H20N4O3/c1-2-3-4-5-6-11(17)13-7-8-16-9-10(12(18)19)14-15-16/h9H,2-8H2,1H3,(H,13,17)(H,18,19). The molecular weight excluding hydrogens is 248 g/mol. The fraction of sp³-hybridized carbons (Fsp3) is 0.667. The van der Waals surface area contributed by atoms with Gasteiger partial charge in [0.2, 0.25) is 5.91 Å². The lowest BCUT2D eigenvalue weighted by molar-refractivity contribution is -0.121. The molecule has 1 heterocycles. The number of nitrogens with zero attached hydrogens (tertiary/aromatic N) is 3. The number of aromatic carboxylic acids is 1. The molecule has 0 radical (unpaired) electrons. The molecule has 0 aliphatic heterocycles. The van der Waals surface area contributed by atoms with Crippen LogP contribution in [0.1, 0.15) is 49.5 Å². The Bertz CT molecular complexity index is 417. The normalized spacial score (nSPS) is 10.4. The average Bonchev–Trinajstić information content (AvgIpc) is 2.84. The van der Waals surface area contributed by atoms with Crippen molar-refractivity contribution in [2.45, 2.75) is 45.6 Å². The fourth-order valence-corrected chi connectivity index (χ4v) is 1.62. The van der Waals surface area contributed by atoms with Gasteiger partial charge in [0.15, 0.2) is 5.69 Å². The van der Waals surface area contributed by atoms with Crippen LogP contribution >= 0.6 is 0 Å². The molecule has 0 fully saturated rings. The molecule has 0 aliphatic carbocycles. The molecule has 106 valence electrons. The number of amides is 1. The third kappa shape index (κ3) is 5.98. The number of nitrogens with one attached hydrogen (secondary N) is 1. The summed E-state index contributed by atoms with van der Waals surface area (Å²) in [5, 5.41) is 18.6. The number of aromatic nitrogens is 3. The summed E-state index contributed by atoms with van der Waals surface area (Å²) in [4.78, 5) is 22.0. The summed E-state index contributed by atoms with van der Waals surface area (Å²) in [7, 11) is 0. The van der Waals surface area contributed by atoms with E-state index >= 15 is 0 Å². The highest BCUT2D eigenvalue weighted by Crippen LogP contribution is 2.01. The van der Waals surface area contributed by atoms with Crippen molar-refractivity contribution in [3.8, 4) is 0 Å². The molecular formula is C12H20N4O3. The maximum absolute atomic E-state index is 11.5. The lowest BCUT2D eigenvalue weighted by atomic mass is 10.1. The molecule has 0 saturated carbocycles. The maximum Gasteiger partial charge on any atom is 0.358 e. The molecule has 1 amide bonds. The highest BCUT2D eigenvalue weighted by Gasteiger charge is 2.08. The lowest BCUT2D eigenvalue weighted by Crippen LogP contribution is -2.27. The van der Waals surface area contributed by atoms with Gasteiger partial charge in [0.05, 0.1) is 12.7 Å². The van der Waals surface area contributed by atoms with E-state index < -0.39 is 5.97 Å². The largest absolute Gasteiger partial charge is 0.476 e. The Labute approximate surface area is 112 Å². The van der Waals surface area contributed by atoms with Crippen molar-refractivity contribution in [3.05, 3.63) is 11.9 Å². The molecule has 0 aliphatic rings. The number of carboxylic acids is 1. The van der Waals surface area contributed by atoms with E-state index in [1.165, 1.54) is 10.9 Å². The highest BCUT2D eigenvalue weighted by atomic mass is 16.4. The fourth-order valence-electron chi connectivity index (χ4n) is 1.62. The first-order valence-electron chi connectivity index (χ1n) is 6.53. The van der Waals surface area contributed by atoms with Gasteiger partial charge in [0, 0.05) is 13.0 Å². The highest BCUT2D eigenvalue weighted by molar-refractivity contribution is 5.84. The second-order valence-electron chi connectivity index (χ2n) is 4.33. The molecule has 0 unspecified atom stereocenters. The SMILES string of the molecule is CCCCCCC(=O)NCCn1cc(C(=O)O)nn1. The number of unbranched alkanes of at least 4 members (excludes halogenated alkanes) is 3. The molecule has 19 heavy (non-hydrogen) atoms. The Morgan fingerprint density at radius 2 is 2.16 bits per heavy atom. The Hall–Kier alpha value is -1.92. The van der Waals surface area contributed by atoms with Gasteiger partial charge < -0.3 is 10.4 Å². The van der Waals surface area contributed by atoms with Crippen LogP contribution in [-0.2, 0) is 11.3 Å². The van der Waals surface area contributed by atoms with E-state index in [1.54, 1.807) is 0 Å². The molecule has 1 aromatic rings. The van der Waals surface area contributed by atoms with E-state index in [1.807, 2.05) is 0 Å². The van der Waals surface area contributed by atoms with Gasteiger partial charge in [0.1, 0.15) is 0 Å². The molecule has 0 bridgehead atoms. The monoisotopic (exact) mass is 268 g/mol. The van der Waals surface area contributed by atoms with Crippen LogP contribution in [0.4, 0.5) is 0 Å². The zero-order valence-electron chi connectivity index (χ0n) is 11.1. The van der Waals surface area contributed by atoms with Crippen LogP contribution in [-0.4, -0.2) is 38.5 Å². The van der Waals surface area contributed by atoms with Gasteiger partial charge >= 0.3 is 5.97 Å². The van der Waals surface area contributed by atoms with Gasteiger partial charge in [-0.25, -0.2) is 9.48 Å². The van der Waals surface area contributed by atoms with Crippen LogP contribution < -0.4 is 5.32 Å². The van der Waals surface area contributed by atoms with Gasteiger partial charge in [-0.2, -0.15) is 0 Å². The van der Waals surface area contributed by atoms with E-state index in [-0.39, 0.29) is 11.6 Å². The predicted octanol–water partition coefficient (Wildman–Crippen LogP) is 1.06. The zero-order chi connectivity index (χ0) is 14.1. The van der Waals surface area contributed by atoms with Crippen molar-refractivity contribution in [3.63, 3.8) is 0 Å². The van der Waals surface area contributed by atoms with Gasteiger partial charge in [-0.05, 0) is 6.42 Å². The van der Waals surface area contributed by atoms with Crippen molar-refractivity contribution in [2.75, 3.05) is 6.54 Å². The molecule has 2 N–H and O–H groups in total. The second-order valence-corrected chi connectivity index (χ2v) is 4.33. The smallest absolute Gasteiger partial charge is 0.358 e. The molecule has 7 nitrogen and oxygen atoms in total. The first-order chi connectivity index (χ1) is 9.13. The summed E-state index contributed by atoms with van der Waals surface area (Å²) in [6.07, 6.45) is 6.18. The molecule has 1 rings (SSSR count). The van der Waals surface area contributed by atoms with Gasteiger partial charge in [-0.1, -0.05) is 31.4 Å². The van der Waals surface area contributed by atoms with Gasteiger partial charge in [-0.15, -0.1) is 5.10 Å². The summed E-state index contributed by atoms with van der Waals surface area (Å²) in [5.74, 6) is -1.08. The van der Waals surface area contributed by atoms with Crippen LogP contribution in [0.5, 0.6) is 0 Å². The Balaban J connectivity index is 2.15. The first-order valence-corrected chi connectivity index (χ1v) is 6.53. The van der Waals surface area contributed by atoms with Crippen LogP contribution in [0.3, 0.4) is 0 Å². The lowest BCUT2D eigenvalue weighted by Gasteiger charge is -2.04. The molecule has 0 saturated heterocycles. The summed E-state index contributed by atoms with van der Waals surface area (Å²) in [6, 6.07) is 0. The van der Waals surface area contributed by atoms with E-state index in [4.69, 9.17) is 5.11 Å². The Morgan fingerprint density at radius 1 is 1.37 bits per heavy atom. The van der Waals surface area contributed by atoms with Crippen molar-refractivity contribution in [1.82, 2.24) is 20.3 Å². The number of carbonyl (C=O) groups is 2. The van der Waals surface area contributed by atoms with Crippen LogP contribution in [0, 0.1) is 0 Å². The third-order valence-electron chi connectivity index (χ3n) is 2.68. The van der Waals surface area contributed by atoms with Gasteiger partial charge in [-0.3, -0.25) is 4.79 Å². The van der Waals surface area contributed by atoms with Crippen molar-refractivity contribution >= 4 is 11.9 Å². The molecule has 0 atom stereocenters. The number of hydrogen-bond acceptors (Lipinski definition) is 4. The molecule has 0 aromatic carbocycles. The molecule has 1 aromatic heterocycles. The average molecular weight is 268 g/mol.